The van der Waals surface area contributed by atoms with Gasteiger partial charge in [0.2, 0.25) is 0 Å². The highest BCUT2D eigenvalue weighted by atomic mass is 19.1. The van der Waals surface area contributed by atoms with Gasteiger partial charge in [-0.3, -0.25) is 4.90 Å². The van der Waals surface area contributed by atoms with Gasteiger partial charge in [-0.25, -0.2) is 9.18 Å². The monoisotopic (exact) mass is 359 g/mol. The average molecular weight is 359 g/mol. The fourth-order valence-electron chi connectivity index (χ4n) is 3.07. The molecule has 8 heteroatoms. The van der Waals surface area contributed by atoms with E-state index in [0.717, 1.165) is 25.1 Å². The fraction of sp³-hybridized carbons (Fsp3) is 0.333. The Hall–Kier alpha value is -2.87. The van der Waals surface area contributed by atoms with Gasteiger partial charge in [-0.05, 0) is 41.9 Å². The quantitative estimate of drug-likeness (QED) is 0.884. The first-order valence-electron chi connectivity index (χ1n) is 8.42. The molecule has 2 aliphatic rings. The molecule has 0 aliphatic carbocycles. The molecule has 1 atom stereocenters. The van der Waals surface area contributed by atoms with Crippen molar-refractivity contribution in [3.8, 4) is 5.88 Å². The number of ether oxygens (including phenoxy) is 2. The first kappa shape index (κ1) is 16.6. The summed E-state index contributed by atoms with van der Waals surface area (Å²) in [7, 11) is 0. The minimum Gasteiger partial charge on any atom is -0.471 e. The Kier molecular flexibility index (Phi) is 4.57. The molecule has 4 rings (SSSR count). The Morgan fingerprint density at radius 3 is 3.04 bits per heavy atom. The predicted octanol–water partition coefficient (Wildman–Crippen LogP) is 2.59. The van der Waals surface area contributed by atoms with Crippen LogP contribution in [-0.4, -0.2) is 43.6 Å². The van der Waals surface area contributed by atoms with Crippen molar-refractivity contribution in [1.29, 1.82) is 0 Å². The molecular weight excluding hydrogens is 341 g/mol. The number of rotatable bonds is 5. The van der Waals surface area contributed by atoms with E-state index >= 15 is 0 Å². The third kappa shape index (κ3) is 3.41. The van der Waals surface area contributed by atoms with Gasteiger partial charge in [-0.1, -0.05) is 6.08 Å². The lowest BCUT2D eigenvalue weighted by Crippen LogP contribution is -2.26. The van der Waals surface area contributed by atoms with Gasteiger partial charge < -0.3 is 19.3 Å². The molecule has 136 valence electrons. The number of nitrogens with one attached hydrogen (secondary N) is 1. The van der Waals surface area contributed by atoms with Crippen molar-refractivity contribution in [2.24, 2.45) is 0 Å². The molecule has 3 heterocycles. The van der Waals surface area contributed by atoms with Gasteiger partial charge in [-0.2, -0.15) is 0 Å². The largest absolute Gasteiger partial charge is 0.471 e. The number of carbonyl (C=O) groups excluding carboxylic acids is 1. The van der Waals surface area contributed by atoms with Crippen LogP contribution in [-0.2, 0) is 4.74 Å². The molecule has 0 saturated carbocycles. The predicted molar refractivity (Wildman–Crippen MR) is 91.5 cm³/mol. The van der Waals surface area contributed by atoms with E-state index in [0.29, 0.717) is 17.1 Å². The number of halogens is 1. The fourth-order valence-corrected chi connectivity index (χ4v) is 3.07. The van der Waals surface area contributed by atoms with Crippen molar-refractivity contribution in [3.63, 3.8) is 0 Å². The lowest BCUT2D eigenvalue weighted by Gasteiger charge is -2.17. The SMILES string of the molecule is O=C1O[C@@H](COc2ccon2)CN1c1ccc(C2=CCNCC2)c(F)c1. The normalized spacial score (nSPS) is 20.0. The van der Waals surface area contributed by atoms with Crippen LogP contribution in [0.3, 0.4) is 0 Å². The second-order valence-corrected chi connectivity index (χ2v) is 6.11. The van der Waals surface area contributed by atoms with Gasteiger partial charge in [-0.15, -0.1) is 0 Å². The summed E-state index contributed by atoms with van der Waals surface area (Å²) in [5, 5.41) is 6.83. The van der Waals surface area contributed by atoms with Gasteiger partial charge in [0.1, 0.15) is 18.7 Å². The Morgan fingerprint density at radius 2 is 2.31 bits per heavy atom. The van der Waals surface area contributed by atoms with E-state index in [4.69, 9.17) is 9.47 Å². The van der Waals surface area contributed by atoms with E-state index < -0.39 is 12.2 Å². The summed E-state index contributed by atoms with van der Waals surface area (Å²) in [5.41, 5.74) is 2.03. The Morgan fingerprint density at radius 1 is 1.38 bits per heavy atom. The van der Waals surface area contributed by atoms with Gasteiger partial charge in [0.15, 0.2) is 6.10 Å². The van der Waals surface area contributed by atoms with Crippen molar-refractivity contribution >= 4 is 17.4 Å². The maximum atomic E-state index is 14.6. The molecule has 7 nitrogen and oxygen atoms in total. The van der Waals surface area contributed by atoms with Crippen LogP contribution < -0.4 is 15.0 Å². The highest BCUT2D eigenvalue weighted by Gasteiger charge is 2.33. The van der Waals surface area contributed by atoms with Crippen LogP contribution in [0.5, 0.6) is 5.88 Å². The van der Waals surface area contributed by atoms with Crippen LogP contribution in [0.25, 0.3) is 5.57 Å². The van der Waals surface area contributed by atoms with Crippen LogP contribution in [0.1, 0.15) is 12.0 Å². The van der Waals surface area contributed by atoms with Crippen molar-refractivity contribution in [1.82, 2.24) is 10.5 Å². The highest BCUT2D eigenvalue weighted by molar-refractivity contribution is 5.90. The third-order valence-corrected chi connectivity index (χ3v) is 4.38. The van der Waals surface area contributed by atoms with Crippen molar-refractivity contribution in [2.75, 3.05) is 31.1 Å². The van der Waals surface area contributed by atoms with Gasteiger partial charge in [0.25, 0.3) is 5.88 Å². The number of benzene rings is 1. The minimum atomic E-state index is -0.521. The Labute approximate surface area is 149 Å². The lowest BCUT2D eigenvalue weighted by atomic mass is 9.99. The van der Waals surface area contributed by atoms with Crippen LogP contribution in [0, 0.1) is 5.82 Å². The van der Waals surface area contributed by atoms with E-state index in [-0.39, 0.29) is 19.0 Å². The lowest BCUT2D eigenvalue weighted by molar-refractivity contribution is 0.102. The van der Waals surface area contributed by atoms with Gasteiger partial charge in [0, 0.05) is 18.2 Å². The molecule has 1 N–H and O–H groups in total. The van der Waals surface area contributed by atoms with Crippen molar-refractivity contribution < 1.29 is 23.2 Å². The van der Waals surface area contributed by atoms with Crippen molar-refractivity contribution in [2.45, 2.75) is 12.5 Å². The number of hydrogen-bond donors (Lipinski definition) is 1. The topological polar surface area (TPSA) is 76.8 Å². The number of aromatic nitrogens is 1. The van der Waals surface area contributed by atoms with E-state index in [2.05, 4.69) is 15.0 Å². The molecule has 1 aromatic carbocycles. The minimum absolute atomic E-state index is 0.148. The molecule has 2 aromatic rings. The Bertz CT molecular complexity index is 822. The van der Waals surface area contributed by atoms with Gasteiger partial charge >= 0.3 is 6.09 Å². The van der Waals surface area contributed by atoms with Crippen molar-refractivity contribution in [3.05, 3.63) is 48.0 Å². The second-order valence-electron chi connectivity index (χ2n) is 6.11. The number of nitrogens with zero attached hydrogens (tertiary/aromatic N) is 2. The second kappa shape index (κ2) is 7.17. The third-order valence-electron chi connectivity index (χ3n) is 4.38. The van der Waals surface area contributed by atoms with Crippen LogP contribution in [0.2, 0.25) is 0 Å². The maximum absolute atomic E-state index is 14.6. The first-order chi connectivity index (χ1) is 12.7. The van der Waals surface area contributed by atoms with Crippen LogP contribution >= 0.6 is 0 Å². The molecule has 1 aromatic heterocycles. The summed E-state index contributed by atoms with van der Waals surface area (Å²) in [4.78, 5) is 13.5. The molecule has 0 radical (unpaired) electrons. The summed E-state index contributed by atoms with van der Waals surface area (Å²) in [5.74, 6) is -0.0177. The first-order valence-corrected chi connectivity index (χ1v) is 8.42. The smallest absolute Gasteiger partial charge is 0.414 e. The summed E-state index contributed by atoms with van der Waals surface area (Å²) in [6, 6.07) is 6.40. The molecule has 0 unspecified atom stereocenters. The zero-order valence-electron chi connectivity index (χ0n) is 14.0. The zero-order chi connectivity index (χ0) is 17.9. The van der Waals surface area contributed by atoms with E-state index in [1.807, 2.05) is 6.08 Å². The maximum Gasteiger partial charge on any atom is 0.414 e. The van der Waals surface area contributed by atoms with Gasteiger partial charge in [0.05, 0.1) is 12.2 Å². The van der Waals surface area contributed by atoms with E-state index in [1.54, 1.807) is 18.2 Å². The number of anilines is 1. The molecule has 0 spiro atoms. The molecule has 0 bridgehead atoms. The van der Waals surface area contributed by atoms with E-state index in [9.17, 15) is 9.18 Å². The molecule has 2 aliphatic heterocycles. The molecule has 26 heavy (non-hydrogen) atoms. The highest BCUT2D eigenvalue weighted by Crippen LogP contribution is 2.28. The Balaban J connectivity index is 1.44. The van der Waals surface area contributed by atoms with E-state index in [1.165, 1.54) is 17.2 Å². The average Bonchev–Trinajstić information content (AvgIpc) is 3.30. The standard InChI is InChI=1S/C18H18FN3O4/c19-16-9-13(1-2-15(16)12-3-6-20-7-4-12)22-10-14(26-18(22)23)11-24-17-5-8-25-21-17/h1-3,5,8-9,14,20H,4,6-7,10-11H2/t14-/m1/s1. The number of amides is 1. The molecular formula is C18H18FN3O4. The van der Waals surface area contributed by atoms with Crippen LogP contribution in [0.4, 0.5) is 14.9 Å². The summed E-state index contributed by atoms with van der Waals surface area (Å²) < 4.78 is 29.9. The summed E-state index contributed by atoms with van der Waals surface area (Å²) >= 11 is 0. The number of hydrogen-bond acceptors (Lipinski definition) is 6. The van der Waals surface area contributed by atoms with Crippen LogP contribution in [0.15, 0.2) is 41.1 Å². The summed E-state index contributed by atoms with van der Waals surface area (Å²) in [6.45, 7) is 2.00. The molecule has 1 amide bonds. The summed E-state index contributed by atoms with van der Waals surface area (Å²) in [6.07, 6.45) is 3.18. The number of carbonyl (C=O) groups is 1. The zero-order valence-corrected chi connectivity index (χ0v) is 14.0. The molecule has 1 saturated heterocycles. The molecule has 1 fully saturated rings. The number of cyclic esters (lactones) is 1.